The number of benzene rings is 2. The minimum atomic E-state index is -3.63. The predicted octanol–water partition coefficient (Wildman–Crippen LogP) is 4.17. The van der Waals surface area contributed by atoms with E-state index in [9.17, 15) is 13.2 Å². The zero-order valence-corrected chi connectivity index (χ0v) is 19.6. The highest BCUT2D eigenvalue weighted by atomic mass is 32.2. The Labute approximate surface area is 185 Å². The smallest absolute Gasteiger partial charge is 0.254 e. The molecule has 3 rings (SSSR count). The maximum atomic E-state index is 13.5. The number of nitrogens with zero attached hydrogens (tertiary/aromatic N) is 2. The first-order valence-corrected chi connectivity index (χ1v) is 12.3. The Hall–Kier alpha value is -2.38. The van der Waals surface area contributed by atoms with E-state index in [-0.39, 0.29) is 16.8 Å². The Bertz CT molecular complexity index is 996. The van der Waals surface area contributed by atoms with E-state index in [1.807, 2.05) is 43.0 Å². The summed E-state index contributed by atoms with van der Waals surface area (Å²) in [5.41, 5.74) is 1.41. The fourth-order valence-corrected chi connectivity index (χ4v) is 5.33. The van der Waals surface area contributed by atoms with E-state index in [2.05, 4.69) is 6.92 Å². The van der Waals surface area contributed by atoms with Crippen LogP contribution in [0.1, 0.15) is 49.5 Å². The third kappa shape index (κ3) is 5.28. The highest BCUT2D eigenvalue weighted by Gasteiger charge is 2.35. The van der Waals surface area contributed by atoms with Gasteiger partial charge in [-0.2, -0.15) is 4.31 Å². The van der Waals surface area contributed by atoms with Gasteiger partial charge in [0.05, 0.1) is 12.0 Å². The van der Waals surface area contributed by atoms with Crippen LogP contribution < -0.4 is 4.74 Å². The molecule has 6 nitrogen and oxygen atoms in total. The largest absolute Gasteiger partial charge is 0.497 e. The molecule has 0 spiro atoms. The average molecular weight is 445 g/mol. The maximum Gasteiger partial charge on any atom is 0.254 e. The number of sulfonamides is 1. The summed E-state index contributed by atoms with van der Waals surface area (Å²) in [6.07, 6.45) is 2.23. The lowest BCUT2D eigenvalue weighted by Gasteiger charge is -2.30. The van der Waals surface area contributed by atoms with Gasteiger partial charge in [-0.3, -0.25) is 4.79 Å². The van der Waals surface area contributed by atoms with Crippen molar-refractivity contribution in [1.82, 2.24) is 9.21 Å². The summed E-state index contributed by atoms with van der Waals surface area (Å²) < 4.78 is 32.5. The van der Waals surface area contributed by atoms with Crippen LogP contribution in [0, 0.1) is 5.92 Å². The van der Waals surface area contributed by atoms with Gasteiger partial charge in [-0.1, -0.05) is 32.0 Å². The Balaban J connectivity index is 1.90. The van der Waals surface area contributed by atoms with Crippen molar-refractivity contribution in [3.63, 3.8) is 0 Å². The molecule has 0 N–H and O–H groups in total. The summed E-state index contributed by atoms with van der Waals surface area (Å²) in [6, 6.07) is 14.2. The van der Waals surface area contributed by atoms with Crippen LogP contribution in [0.3, 0.4) is 0 Å². The van der Waals surface area contributed by atoms with Gasteiger partial charge < -0.3 is 9.64 Å². The summed E-state index contributed by atoms with van der Waals surface area (Å²) in [4.78, 5) is 15.5. The van der Waals surface area contributed by atoms with Crippen molar-refractivity contribution in [3.05, 3.63) is 59.7 Å². The predicted molar refractivity (Wildman–Crippen MR) is 122 cm³/mol. The first kappa shape index (κ1) is 23.3. The quantitative estimate of drug-likeness (QED) is 0.552. The fraction of sp³-hybridized carbons (Fsp3) is 0.458. The highest BCUT2D eigenvalue weighted by Crippen LogP contribution is 2.36. The lowest BCUT2D eigenvalue weighted by Crippen LogP contribution is -2.39. The van der Waals surface area contributed by atoms with Gasteiger partial charge in [-0.05, 0) is 61.6 Å². The van der Waals surface area contributed by atoms with Gasteiger partial charge in [-0.25, -0.2) is 8.42 Å². The zero-order valence-electron chi connectivity index (χ0n) is 18.7. The molecule has 0 radical (unpaired) electrons. The Morgan fingerprint density at radius 1 is 1.10 bits per heavy atom. The van der Waals surface area contributed by atoms with Gasteiger partial charge in [0.15, 0.2) is 0 Å². The van der Waals surface area contributed by atoms with Crippen molar-refractivity contribution in [2.75, 3.05) is 20.2 Å². The van der Waals surface area contributed by atoms with E-state index >= 15 is 0 Å². The van der Waals surface area contributed by atoms with E-state index in [4.69, 9.17) is 4.74 Å². The summed E-state index contributed by atoms with van der Waals surface area (Å²) >= 11 is 0. The van der Waals surface area contributed by atoms with Crippen molar-refractivity contribution in [2.24, 2.45) is 5.92 Å². The number of rotatable bonds is 10. The van der Waals surface area contributed by atoms with Crippen molar-refractivity contribution < 1.29 is 17.9 Å². The van der Waals surface area contributed by atoms with Crippen LogP contribution in [-0.4, -0.2) is 49.8 Å². The molecule has 1 aliphatic rings. The summed E-state index contributed by atoms with van der Waals surface area (Å²) in [6.45, 7) is 6.94. The molecule has 2 aromatic carbocycles. The lowest BCUT2D eigenvalue weighted by molar-refractivity contribution is 0.0654. The molecule has 1 fully saturated rings. The normalized spacial score (nSPS) is 15.0. The molecule has 7 heteroatoms. The minimum absolute atomic E-state index is 0.0812. The third-order valence-corrected chi connectivity index (χ3v) is 8.04. The Kier molecular flexibility index (Phi) is 7.38. The number of ether oxygens (including phenoxy) is 1. The van der Waals surface area contributed by atoms with Crippen LogP contribution in [-0.2, 0) is 16.6 Å². The number of amides is 1. The Morgan fingerprint density at radius 2 is 1.74 bits per heavy atom. The molecule has 1 amide bonds. The molecule has 31 heavy (non-hydrogen) atoms. The molecule has 0 bridgehead atoms. The van der Waals surface area contributed by atoms with E-state index in [0.29, 0.717) is 31.1 Å². The maximum absolute atomic E-state index is 13.5. The van der Waals surface area contributed by atoms with Gasteiger partial charge >= 0.3 is 0 Å². The van der Waals surface area contributed by atoms with Crippen LogP contribution in [0.25, 0.3) is 0 Å². The van der Waals surface area contributed by atoms with Crippen molar-refractivity contribution in [1.29, 1.82) is 0 Å². The molecule has 0 aliphatic heterocycles. The summed E-state index contributed by atoms with van der Waals surface area (Å²) in [5, 5.41) is 0. The summed E-state index contributed by atoms with van der Waals surface area (Å²) in [5.74, 6) is 1.11. The molecule has 0 unspecified atom stereocenters. The van der Waals surface area contributed by atoms with Gasteiger partial charge in [0.2, 0.25) is 10.0 Å². The van der Waals surface area contributed by atoms with Crippen molar-refractivity contribution in [2.45, 2.75) is 51.1 Å². The Morgan fingerprint density at radius 3 is 2.29 bits per heavy atom. The molecule has 0 saturated heterocycles. The van der Waals surface area contributed by atoms with E-state index in [0.717, 1.165) is 24.2 Å². The van der Waals surface area contributed by atoms with Crippen LogP contribution >= 0.6 is 0 Å². The topological polar surface area (TPSA) is 66.9 Å². The second kappa shape index (κ2) is 9.83. The number of carbonyl (C=O) groups is 1. The molecule has 1 saturated carbocycles. The number of carbonyl (C=O) groups excluding carboxylic acids is 1. The van der Waals surface area contributed by atoms with Gasteiger partial charge in [-0.15, -0.1) is 0 Å². The third-order valence-electron chi connectivity index (χ3n) is 5.99. The molecule has 1 aliphatic carbocycles. The van der Waals surface area contributed by atoms with Gasteiger partial charge in [0, 0.05) is 31.2 Å². The average Bonchev–Trinajstić information content (AvgIpc) is 3.63. The standard InChI is InChI=1S/C24H32N2O4S/c1-5-25(6-2)31(28,29)23-9-7-8-21(16-23)24(27)26(18(3)20-12-13-20)17-19-10-14-22(30-4)15-11-19/h7-11,14-16,18,20H,5-6,12-13,17H2,1-4H3/t18-/m0/s1. The monoisotopic (exact) mass is 444 g/mol. The number of hydrogen-bond acceptors (Lipinski definition) is 4. The van der Waals surface area contributed by atoms with E-state index < -0.39 is 10.0 Å². The van der Waals surface area contributed by atoms with E-state index in [1.54, 1.807) is 25.3 Å². The van der Waals surface area contributed by atoms with E-state index in [1.165, 1.54) is 10.4 Å². The lowest BCUT2D eigenvalue weighted by atomic mass is 10.1. The molecule has 0 aromatic heterocycles. The first-order valence-electron chi connectivity index (χ1n) is 10.9. The van der Waals surface area contributed by atoms with Crippen molar-refractivity contribution >= 4 is 15.9 Å². The first-order chi connectivity index (χ1) is 14.8. The molecular weight excluding hydrogens is 412 g/mol. The molecular formula is C24H32N2O4S. The van der Waals surface area contributed by atoms with Crippen LogP contribution in [0.15, 0.2) is 53.4 Å². The second-order valence-electron chi connectivity index (χ2n) is 7.98. The minimum Gasteiger partial charge on any atom is -0.497 e. The zero-order chi connectivity index (χ0) is 22.6. The van der Waals surface area contributed by atoms with Crippen molar-refractivity contribution in [3.8, 4) is 5.75 Å². The SMILES string of the molecule is CCN(CC)S(=O)(=O)c1cccc(C(=O)N(Cc2ccc(OC)cc2)[C@@H](C)C2CC2)c1. The second-order valence-corrected chi connectivity index (χ2v) is 9.91. The van der Waals surface area contributed by atoms with Crippen LogP contribution in [0.2, 0.25) is 0 Å². The van der Waals surface area contributed by atoms with Gasteiger partial charge in [0.1, 0.15) is 5.75 Å². The molecule has 1 atom stereocenters. The molecule has 2 aromatic rings. The molecule has 168 valence electrons. The fourth-order valence-electron chi connectivity index (χ4n) is 3.83. The number of hydrogen-bond donors (Lipinski definition) is 0. The highest BCUT2D eigenvalue weighted by molar-refractivity contribution is 7.89. The summed E-state index contributed by atoms with van der Waals surface area (Å²) in [7, 11) is -2.00. The molecule has 0 heterocycles. The van der Waals surface area contributed by atoms with Gasteiger partial charge in [0.25, 0.3) is 5.91 Å². The number of methoxy groups -OCH3 is 1. The van der Waals surface area contributed by atoms with Crippen LogP contribution in [0.4, 0.5) is 0 Å². The van der Waals surface area contributed by atoms with Crippen LogP contribution in [0.5, 0.6) is 5.75 Å².